The van der Waals surface area contributed by atoms with Crippen molar-refractivity contribution in [3.63, 3.8) is 0 Å². The zero-order valence-electron chi connectivity index (χ0n) is 11.5. The van der Waals surface area contributed by atoms with Crippen LogP contribution in [0.2, 0.25) is 0 Å². The van der Waals surface area contributed by atoms with Crippen LogP contribution in [0, 0.1) is 6.08 Å². The van der Waals surface area contributed by atoms with Gasteiger partial charge in [-0.25, -0.2) is 0 Å². The van der Waals surface area contributed by atoms with Gasteiger partial charge in [-0.3, -0.25) is 0 Å². The summed E-state index contributed by atoms with van der Waals surface area (Å²) in [6.07, 6.45) is 36.0. The van der Waals surface area contributed by atoms with Crippen molar-refractivity contribution in [3.05, 3.63) is 85.1 Å². The molecule has 19 heavy (non-hydrogen) atoms. The highest BCUT2D eigenvalue weighted by Crippen LogP contribution is 2.04. The second-order valence-corrected chi connectivity index (χ2v) is 4.32. The summed E-state index contributed by atoms with van der Waals surface area (Å²) in [6, 6.07) is 0. The van der Waals surface area contributed by atoms with Crippen molar-refractivity contribution in [2.24, 2.45) is 0 Å². The van der Waals surface area contributed by atoms with E-state index in [9.17, 15) is 0 Å². The number of hydrogen-bond donors (Lipinski definition) is 0. The minimum atomic E-state index is 1.06. The van der Waals surface area contributed by atoms with Gasteiger partial charge in [0.25, 0.3) is 0 Å². The van der Waals surface area contributed by atoms with Crippen molar-refractivity contribution < 1.29 is 0 Å². The molecule has 0 fully saturated rings. The van der Waals surface area contributed by atoms with Crippen LogP contribution in [-0.2, 0) is 0 Å². The van der Waals surface area contributed by atoms with Gasteiger partial charge in [-0.15, -0.1) is 0 Å². The Morgan fingerprint density at radius 1 is 0.526 bits per heavy atom. The summed E-state index contributed by atoms with van der Waals surface area (Å²) in [5.41, 5.74) is 0. The van der Waals surface area contributed by atoms with E-state index in [4.69, 9.17) is 0 Å². The Balaban J connectivity index is 2.47. The zero-order chi connectivity index (χ0) is 13.4. The highest BCUT2D eigenvalue weighted by atomic mass is 13.9. The monoisotopic (exact) mass is 251 g/mol. The van der Waals surface area contributed by atoms with Crippen LogP contribution < -0.4 is 0 Å². The van der Waals surface area contributed by atoms with Crippen molar-refractivity contribution in [1.82, 2.24) is 0 Å². The maximum Gasteiger partial charge on any atom is -0.0276 e. The topological polar surface area (TPSA) is 0 Å². The quantitative estimate of drug-likeness (QED) is 0.522. The summed E-state index contributed by atoms with van der Waals surface area (Å²) in [5.74, 6) is 0. The molecule has 0 N–H and O–H groups in total. The Labute approximate surface area is 117 Å². The smallest absolute Gasteiger partial charge is 0.0276 e. The van der Waals surface area contributed by atoms with Crippen LogP contribution in [0.1, 0.15) is 32.1 Å². The van der Waals surface area contributed by atoms with E-state index in [-0.39, 0.29) is 0 Å². The van der Waals surface area contributed by atoms with Gasteiger partial charge in [-0.1, -0.05) is 85.4 Å². The lowest BCUT2D eigenvalue weighted by Crippen LogP contribution is -1.74. The predicted octanol–water partition coefficient (Wildman–Crippen LogP) is 5.65. The van der Waals surface area contributed by atoms with Crippen LogP contribution in [0.3, 0.4) is 0 Å². The molecule has 0 unspecified atom stereocenters. The minimum Gasteiger partial charge on any atom is -0.0845 e. The molecule has 99 valence electrons. The van der Waals surface area contributed by atoms with E-state index in [0.717, 1.165) is 6.42 Å². The van der Waals surface area contributed by atoms with Gasteiger partial charge in [0, 0.05) is 0 Å². The summed E-state index contributed by atoms with van der Waals surface area (Å²) < 4.78 is 0. The second-order valence-electron chi connectivity index (χ2n) is 4.32. The highest BCUT2D eigenvalue weighted by molar-refractivity contribution is 5.20. The SMILES string of the molecule is [C]1=C/C=C/C=C/C=C\C=C\C=C\C=C/CCCCC/1. The van der Waals surface area contributed by atoms with Crippen LogP contribution in [-0.4, -0.2) is 0 Å². The van der Waals surface area contributed by atoms with Crippen molar-refractivity contribution in [3.8, 4) is 0 Å². The lowest BCUT2D eigenvalue weighted by atomic mass is 10.1. The molecule has 0 nitrogen and oxygen atoms in total. The van der Waals surface area contributed by atoms with E-state index in [2.05, 4.69) is 30.4 Å². The Kier molecular flexibility index (Phi) is 10.1. The Bertz CT molecular complexity index is 360. The summed E-state index contributed by atoms with van der Waals surface area (Å²) in [7, 11) is 0. The molecule has 1 radical (unpaired) electrons. The fraction of sp³-hybridized carbons (Fsp3) is 0.263. The third kappa shape index (κ3) is 11.0. The molecule has 1 rings (SSSR count). The summed E-state index contributed by atoms with van der Waals surface area (Å²) in [4.78, 5) is 0. The average molecular weight is 251 g/mol. The van der Waals surface area contributed by atoms with E-state index in [1.54, 1.807) is 0 Å². The van der Waals surface area contributed by atoms with Crippen molar-refractivity contribution in [2.75, 3.05) is 0 Å². The highest BCUT2D eigenvalue weighted by Gasteiger charge is 1.85. The predicted molar refractivity (Wildman–Crippen MR) is 85.7 cm³/mol. The summed E-state index contributed by atoms with van der Waals surface area (Å²) >= 11 is 0. The molecule has 0 amide bonds. The second kappa shape index (κ2) is 12.6. The summed E-state index contributed by atoms with van der Waals surface area (Å²) in [6.45, 7) is 0. The first-order chi connectivity index (χ1) is 9.50. The molecule has 0 atom stereocenters. The van der Waals surface area contributed by atoms with Gasteiger partial charge >= 0.3 is 0 Å². The molecule has 0 aliphatic heterocycles. The van der Waals surface area contributed by atoms with Crippen molar-refractivity contribution in [1.29, 1.82) is 0 Å². The van der Waals surface area contributed by atoms with E-state index >= 15 is 0 Å². The van der Waals surface area contributed by atoms with Crippen LogP contribution in [0.4, 0.5) is 0 Å². The maximum atomic E-state index is 3.30. The van der Waals surface area contributed by atoms with Crippen molar-refractivity contribution >= 4 is 0 Å². The lowest BCUT2D eigenvalue weighted by molar-refractivity contribution is 0.691. The first kappa shape index (κ1) is 15.2. The maximum absolute atomic E-state index is 3.30. The van der Waals surface area contributed by atoms with Crippen LogP contribution >= 0.6 is 0 Å². The molecule has 0 heterocycles. The third-order valence-electron chi connectivity index (χ3n) is 2.65. The number of hydrogen-bond acceptors (Lipinski definition) is 0. The van der Waals surface area contributed by atoms with Gasteiger partial charge in [0.1, 0.15) is 0 Å². The fourth-order valence-electron chi connectivity index (χ4n) is 1.63. The largest absolute Gasteiger partial charge is 0.0845 e. The molecular formula is C19H23. The van der Waals surface area contributed by atoms with Crippen LogP contribution in [0.15, 0.2) is 79.0 Å². The standard InChI is InChI=1S/C19H23/c1-2-4-6-8-10-12-14-16-18-19-17-15-13-11-9-7-5-3-1/h1-13H,14,16-19H2/b3-1-,4-2+,7-5+,8-6+,11-9+,12-10-,15-13?. The van der Waals surface area contributed by atoms with Gasteiger partial charge in [0.05, 0.1) is 0 Å². The van der Waals surface area contributed by atoms with Gasteiger partial charge in [-0.05, 0) is 31.8 Å². The third-order valence-corrected chi connectivity index (χ3v) is 2.65. The molecule has 0 saturated heterocycles. The normalized spacial score (nSPS) is 29.9. The molecule has 0 bridgehead atoms. The molecule has 0 aromatic rings. The molecular weight excluding hydrogens is 228 g/mol. The zero-order valence-corrected chi connectivity index (χ0v) is 11.5. The Hall–Kier alpha value is -1.82. The molecule has 0 spiro atoms. The van der Waals surface area contributed by atoms with E-state index in [1.807, 2.05) is 54.7 Å². The van der Waals surface area contributed by atoms with Gasteiger partial charge < -0.3 is 0 Å². The lowest BCUT2D eigenvalue weighted by Gasteiger charge is -1.93. The van der Waals surface area contributed by atoms with E-state index in [1.165, 1.54) is 25.7 Å². The van der Waals surface area contributed by atoms with Crippen LogP contribution in [0.25, 0.3) is 0 Å². The molecule has 0 saturated carbocycles. The van der Waals surface area contributed by atoms with E-state index < -0.39 is 0 Å². The van der Waals surface area contributed by atoms with Crippen LogP contribution in [0.5, 0.6) is 0 Å². The molecule has 1 aliphatic carbocycles. The van der Waals surface area contributed by atoms with Gasteiger partial charge in [0.2, 0.25) is 0 Å². The molecule has 0 aromatic carbocycles. The minimum absolute atomic E-state index is 1.06. The Morgan fingerprint density at radius 3 is 1.79 bits per heavy atom. The van der Waals surface area contributed by atoms with Gasteiger partial charge in [0.15, 0.2) is 0 Å². The molecule has 1 aliphatic rings. The van der Waals surface area contributed by atoms with E-state index in [0.29, 0.717) is 0 Å². The summed E-state index contributed by atoms with van der Waals surface area (Å²) in [5, 5.41) is 0. The first-order valence-corrected chi connectivity index (χ1v) is 7.05. The first-order valence-electron chi connectivity index (χ1n) is 7.05. The number of allylic oxidation sites excluding steroid dienone is 14. The molecule has 0 aromatic heterocycles. The van der Waals surface area contributed by atoms with Crippen molar-refractivity contribution in [2.45, 2.75) is 32.1 Å². The fourth-order valence-corrected chi connectivity index (χ4v) is 1.63. The average Bonchev–Trinajstić information content (AvgIpc) is 2.43. The van der Waals surface area contributed by atoms with Gasteiger partial charge in [-0.2, -0.15) is 0 Å². The molecule has 0 heteroatoms. The Morgan fingerprint density at radius 2 is 1.11 bits per heavy atom. The number of rotatable bonds is 0.